The predicted molar refractivity (Wildman–Crippen MR) is 411 cm³/mol. The van der Waals surface area contributed by atoms with Crippen LogP contribution in [0.25, 0.3) is 33.4 Å². The van der Waals surface area contributed by atoms with Gasteiger partial charge in [-0.1, -0.05) is 199 Å². The molecular weight excluding hydrogens is 1230 g/mol. The van der Waals surface area contributed by atoms with Crippen molar-refractivity contribution in [2.75, 3.05) is 47.4 Å². The van der Waals surface area contributed by atoms with E-state index in [-0.39, 0.29) is 35.2 Å². The van der Waals surface area contributed by atoms with Crippen LogP contribution >= 0.6 is 11.3 Å². The van der Waals surface area contributed by atoms with Gasteiger partial charge in [0.05, 0.1) is 34.2 Å². The third-order valence-corrected chi connectivity index (χ3v) is 21.8. The van der Waals surface area contributed by atoms with Crippen LogP contribution in [0, 0.1) is 46.8 Å². The number of aromatic nitrogens is 3. The fourth-order valence-corrected chi connectivity index (χ4v) is 14.3. The molecule has 0 bridgehead atoms. The second-order valence-corrected chi connectivity index (χ2v) is 30.7. The largest absolute Gasteiger partial charge is 0.396 e. The second kappa shape index (κ2) is 47.7. The summed E-state index contributed by atoms with van der Waals surface area (Å²) in [5.74, 6) is 4.89. The Labute approximate surface area is 595 Å². The van der Waals surface area contributed by atoms with Gasteiger partial charge in [0.2, 0.25) is 5.91 Å². The first-order chi connectivity index (χ1) is 46.6. The number of hydrogen-bond donors (Lipinski definition) is 4. The fraction of sp³-hybridized carbons (Fsp3) is 0.756. The molecule has 8 rings (SSSR count). The van der Waals surface area contributed by atoms with Crippen molar-refractivity contribution in [3.8, 4) is 22.5 Å². The minimum Gasteiger partial charge on any atom is -0.396 e. The number of unbranched alkanes of at least 4 members (excludes halogenated alkanes) is 2. The molecule has 0 spiro atoms. The highest BCUT2D eigenvalue weighted by Crippen LogP contribution is 2.43. The number of hydrogen-bond acceptors (Lipinski definition) is 12. The summed E-state index contributed by atoms with van der Waals surface area (Å²) >= 11 is 1.56. The van der Waals surface area contributed by atoms with E-state index in [9.17, 15) is 19.2 Å². The van der Waals surface area contributed by atoms with Gasteiger partial charge in [0.1, 0.15) is 18.1 Å². The molecule has 97 heavy (non-hydrogen) atoms. The number of pyridine rings is 1. The first-order valence-corrected chi connectivity index (χ1v) is 39.9. The summed E-state index contributed by atoms with van der Waals surface area (Å²) in [6.45, 7) is 37.0. The number of aldehydes is 1. The molecule has 3 aliphatic carbocycles. The Bertz CT molecular complexity index is 2800. The number of carbonyl (C=O) groups excluding carboxylic acids is 4. The van der Waals surface area contributed by atoms with E-state index in [1.807, 2.05) is 32.1 Å². The Hall–Kier alpha value is -4.38. The molecule has 4 aromatic rings. The van der Waals surface area contributed by atoms with Crippen molar-refractivity contribution >= 4 is 46.1 Å². The molecule has 3 aromatic heterocycles. The zero-order valence-electron chi connectivity index (χ0n) is 64.9. The number of Topliss-reactive ketones (excluding diaryl/α,β-unsaturated/α-hetero) is 1. The average Bonchev–Trinajstić information content (AvgIpc) is 1.59. The van der Waals surface area contributed by atoms with Crippen LogP contribution in [0.3, 0.4) is 0 Å². The van der Waals surface area contributed by atoms with Gasteiger partial charge in [-0.15, -0.1) is 11.3 Å². The van der Waals surface area contributed by atoms with E-state index in [1.54, 1.807) is 23.5 Å². The summed E-state index contributed by atoms with van der Waals surface area (Å²) in [6.07, 6.45) is 34.6. The van der Waals surface area contributed by atoms with E-state index in [1.165, 1.54) is 98.4 Å². The highest BCUT2D eigenvalue weighted by molar-refractivity contribution is 7.10. The topological polar surface area (TPSA) is 185 Å². The van der Waals surface area contributed by atoms with Gasteiger partial charge >= 0.3 is 0 Å². The van der Waals surface area contributed by atoms with Crippen LogP contribution in [0.5, 0.6) is 0 Å². The van der Waals surface area contributed by atoms with Gasteiger partial charge in [0, 0.05) is 92.1 Å². The van der Waals surface area contributed by atoms with Crippen LogP contribution < -0.4 is 16.5 Å². The van der Waals surface area contributed by atoms with Crippen molar-refractivity contribution in [3.05, 3.63) is 57.7 Å². The van der Waals surface area contributed by atoms with E-state index in [0.717, 1.165) is 155 Å². The number of likely N-dealkylation sites (N-methyl/N-ethyl adjacent to an activating group) is 1. The predicted octanol–water partition coefficient (Wildman–Crippen LogP) is 18.9. The van der Waals surface area contributed by atoms with Gasteiger partial charge in [0.15, 0.2) is 0 Å². The van der Waals surface area contributed by atoms with Crippen molar-refractivity contribution in [3.63, 3.8) is 0 Å². The number of benzene rings is 1. The number of ketones is 1. The number of methoxy groups -OCH3 is 1. The van der Waals surface area contributed by atoms with Crippen LogP contribution in [0.2, 0.25) is 0 Å². The number of hydrazine groups is 1. The first-order valence-electron chi connectivity index (χ1n) is 39.0. The maximum atomic E-state index is 14.1. The number of nitrogens with zero attached hydrogens (tertiary/aromatic N) is 5. The molecule has 4 fully saturated rings. The van der Waals surface area contributed by atoms with Crippen molar-refractivity contribution in [2.45, 2.75) is 308 Å². The average molecular weight is 1370 g/mol. The molecule has 8 unspecified atom stereocenters. The van der Waals surface area contributed by atoms with Crippen LogP contribution in [0.4, 0.5) is 0 Å². The molecule has 14 nitrogen and oxygen atoms in total. The van der Waals surface area contributed by atoms with Crippen molar-refractivity contribution < 1.29 is 29.0 Å². The van der Waals surface area contributed by atoms with Crippen molar-refractivity contribution in [2.24, 2.45) is 52.6 Å². The summed E-state index contributed by atoms with van der Waals surface area (Å²) in [5, 5.41) is 17.9. The molecule has 8 atom stereocenters. The normalized spacial score (nSPS) is 17.0. The minimum atomic E-state index is -0.710. The number of ether oxygens (including phenoxy) is 1. The number of thiazole rings is 1. The quantitative estimate of drug-likeness (QED) is 0.0254. The Morgan fingerprint density at radius 1 is 0.835 bits per heavy atom. The molecule has 5 N–H and O–H groups in total. The molecule has 4 heterocycles. The molecular formula is C82H142N8O6S. The lowest BCUT2D eigenvalue weighted by atomic mass is 9.78. The zero-order chi connectivity index (χ0) is 72.0. The lowest BCUT2D eigenvalue weighted by Gasteiger charge is -2.33. The molecule has 1 aliphatic heterocycles. The molecule has 2 amide bonds. The van der Waals surface area contributed by atoms with E-state index < -0.39 is 6.04 Å². The van der Waals surface area contributed by atoms with Crippen LogP contribution in [-0.4, -0.2) is 113 Å². The molecule has 0 radical (unpaired) electrons. The number of aryl methyl sites for hydroxylation is 2. The number of aliphatic hydroxyl groups excluding tert-OH is 1. The number of amides is 2. The van der Waals surface area contributed by atoms with E-state index in [0.29, 0.717) is 62.6 Å². The van der Waals surface area contributed by atoms with E-state index in [2.05, 4.69) is 142 Å². The molecule has 4 aliphatic rings. The van der Waals surface area contributed by atoms with Gasteiger partial charge in [0.25, 0.3) is 5.91 Å². The Morgan fingerprint density at radius 3 is 2.02 bits per heavy atom. The standard InChI is InChI=1S/C46H67N7O3S.C15H32.C8H18O.C6H13NO.C4H6O.C3H6/c1-10-17-31-24-35(41(47-28-31)30(4)56-9)43-36(27-46(5,6)11-2)34-25-33(20-21-39(34)52(43)12-3)38-29-57-40(49-38)26-37(45(55)53-23-16-15-22-48-53)50-44(54)42(51(7)8)32-18-13-14-19-32;1-6-9-10-12-15(8-3)14(5)13(4)11-7-2;1-4-7(3)8(5-2)6-9;1-2-3-6(8)4-5-7;5-3-4-1-2-4;1-2-3-1/h20-21,24-25,28-30,32,37,42,48H,10-19,22-23,26-27H2,1-9H3,(H,50,54);13-15H,6-12H2,1-5H3;7-9H,4-6H2,1-3H3;2-5,7H2,1H3;3-4H,1-2H2;1-3H2. The number of carbonyl (C=O) groups is 4. The van der Waals surface area contributed by atoms with Crippen LogP contribution in [0.1, 0.15) is 292 Å². The number of nitrogens with two attached hydrogens (primary N) is 1. The monoisotopic (exact) mass is 1370 g/mol. The Morgan fingerprint density at radius 2 is 1.53 bits per heavy atom. The number of nitrogens with one attached hydrogen (secondary N) is 2. The summed E-state index contributed by atoms with van der Waals surface area (Å²) < 4.78 is 8.36. The second-order valence-electron chi connectivity index (χ2n) is 29.7. The smallest absolute Gasteiger partial charge is 0.259 e. The number of aliphatic hydroxyl groups is 1. The maximum Gasteiger partial charge on any atom is 0.259 e. The SMILES string of the molecule is C1CC1.CCC(C)C(CC)CO.CCCC(=O)CCN.CCCCCC(CC)C(C)C(C)CCC.CCCc1cnc(C(C)OC)c(-c2c(CC(C)(C)CC)c3cc(-c4csc(CC(NC(=O)C(C5CCCC5)N(C)C)C(=O)N5CCCCN5)n4)ccc3n2CC)c1.O=CC1CC1. The van der Waals surface area contributed by atoms with E-state index in [4.69, 9.17) is 25.5 Å². The van der Waals surface area contributed by atoms with Crippen LogP contribution in [-0.2, 0) is 49.7 Å². The van der Waals surface area contributed by atoms with Gasteiger partial charge < -0.3 is 30.3 Å². The van der Waals surface area contributed by atoms with Gasteiger partial charge in [-0.3, -0.25) is 29.3 Å². The molecule has 552 valence electrons. The fourth-order valence-electron chi connectivity index (χ4n) is 13.5. The molecule has 3 saturated carbocycles. The van der Waals surface area contributed by atoms with Gasteiger partial charge in [-0.25, -0.2) is 10.4 Å². The van der Waals surface area contributed by atoms with Gasteiger partial charge in [-0.05, 0) is 163 Å². The zero-order valence-corrected chi connectivity index (χ0v) is 65.7. The van der Waals surface area contributed by atoms with Crippen LogP contribution in [0.15, 0.2) is 35.8 Å². The summed E-state index contributed by atoms with van der Waals surface area (Å²) in [6, 6.07) is 8.13. The third-order valence-electron chi connectivity index (χ3n) is 20.9. The lowest BCUT2D eigenvalue weighted by molar-refractivity contribution is -0.141. The summed E-state index contributed by atoms with van der Waals surface area (Å²) in [4.78, 5) is 60.4. The lowest BCUT2D eigenvalue weighted by Crippen LogP contribution is -2.58. The molecule has 15 heteroatoms. The Balaban J connectivity index is 0.000000489. The Kier molecular flexibility index (Phi) is 42.7. The van der Waals surface area contributed by atoms with E-state index >= 15 is 0 Å². The molecule has 1 saturated heterocycles. The highest BCUT2D eigenvalue weighted by Gasteiger charge is 2.37. The molecule has 1 aromatic carbocycles. The summed E-state index contributed by atoms with van der Waals surface area (Å²) in [5.41, 5.74) is 17.5. The van der Waals surface area contributed by atoms with Crippen molar-refractivity contribution in [1.29, 1.82) is 0 Å². The van der Waals surface area contributed by atoms with Crippen molar-refractivity contribution in [1.82, 2.24) is 35.2 Å². The third kappa shape index (κ3) is 30.0. The highest BCUT2D eigenvalue weighted by atomic mass is 32.1. The maximum absolute atomic E-state index is 14.1. The first kappa shape index (κ1) is 86.8. The summed E-state index contributed by atoms with van der Waals surface area (Å²) in [7, 11) is 5.71. The minimum absolute atomic E-state index is 0.0678. The number of rotatable bonds is 35. The van der Waals surface area contributed by atoms with Gasteiger partial charge in [-0.2, -0.15) is 0 Å². The number of fused-ring (bicyclic) bond motifs is 1.